The standard InChI is InChI=1S/C31H47NO11/c1-6-20(3)17-38-29(34)42-26-14-13-23(16-27(26)43-30(35)39-18-21(4)7-2)15-25(32)28(33)37-19-22(5)40-31(36)41-24-11-9-8-10-12-24/h13-14,16,20-22,24-25H,6-12,15,17-19,32H2,1-5H3/t20?,21?,22-,25-/m0/s1. The van der Waals surface area contributed by atoms with E-state index in [-0.39, 0.29) is 55.7 Å². The predicted octanol–water partition coefficient (Wildman–Crippen LogP) is 6.10. The molecule has 1 aliphatic rings. The quantitative estimate of drug-likeness (QED) is 0.139. The molecule has 0 heterocycles. The molecule has 43 heavy (non-hydrogen) atoms. The van der Waals surface area contributed by atoms with E-state index in [0.29, 0.717) is 5.56 Å². The summed E-state index contributed by atoms with van der Waals surface area (Å²) in [6.45, 7) is 9.49. The maximum absolute atomic E-state index is 12.5. The van der Waals surface area contributed by atoms with Crippen LogP contribution in [-0.4, -0.2) is 62.5 Å². The Morgan fingerprint density at radius 1 is 0.791 bits per heavy atom. The van der Waals surface area contributed by atoms with E-state index in [1.54, 1.807) is 13.0 Å². The number of nitrogens with two attached hydrogens (primary N) is 1. The molecule has 0 aliphatic heterocycles. The second-order valence-corrected chi connectivity index (χ2v) is 11.1. The van der Waals surface area contributed by atoms with Crippen LogP contribution in [0.2, 0.25) is 0 Å². The van der Waals surface area contributed by atoms with Gasteiger partial charge in [-0.15, -0.1) is 0 Å². The Morgan fingerprint density at radius 2 is 1.37 bits per heavy atom. The summed E-state index contributed by atoms with van der Waals surface area (Å²) in [5, 5.41) is 0. The molecule has 4 atom stereocenters. The Balaban J connectivity index is 1.96. The zero-order valence-electron chi connectivity index (χ0n) is 26.0. The van der Waals surface area contributed by atoms with Gasteiger partial charge in [-0.05, 0) is 68.6 Å². The molecule has 1 aliphatic carbocycles. The highest BCUT2D eigenvalue weighted by atomic mass is 16.8. The van der Waals surface area contributed by atoms with Crippen molar-refractivity contribution in [2.24, 2.45) is 17.6 Å². The fourth-order valence-electron chi connectivity index (χ4n) is 3.93. The van der Waals surface area contributed by atoms with Crippen molar-refractivity contribution < 1.29 is 52.3 Å². The highest BCUT2D eigenvalue weighted by Gasteiger charge is 2.23. The van der Waals surface area contributed by atoms with Gasteiger partial charge in [-0.3, -0.25) is 4.79 Å². The van der Waals surface area contributed by atoms with Gasteiger partial charge in [0.2, 0.25) is 0 Å². The predicted molar refractivity (Wildman–Crippen MR) is 156 cm³/mol. The lowest BCUT2D eigenvalue weighted by Gasteiger charge is -2.22. The van der Waals surface area contributed by atoms with Crippen molar-refractivity contribution in [2.75, 3.05) is 19.8 Å². The largest absolute Gasteiger partial charge is 0.513 e. The topological polar surface area (TPSA) is 159 Å². The first kappa shape index (κ1) is 35.7. The van der Waals surface area contributed by atoms with Crippen LogP contribution in [0.3, 0.4) is 0 Å². The summed E-state index contributed by atoms with van der Waals surface area (Å²) >= 11 is 0. The fourth-order valence-corrected chi connectivity index (χ4v) is 3.93. The van der Waals surface area contributed by atoms with Crippen molar-refractivity contribution in [1.29, 1.82) is 0 Å². The van der Waals surface area contributed by atoms with Gasteiger partial charge in [0, 0.05) is 0 Å². The number of esters is 1. The van der Waals surface area contributed by atoms with E-state index < -0.39 is 36.6 Å². The number of hydrogen-bond donors (Lipinski definition) is 1. The Morgan fingerprint density at radius 3 is 1.95 bits per heavy atom. The Hall–Kier alpha value is -3.54. The zero-order valence-corrected chi connectivity index (χ0v) is 26.0. The van der Waals surface area contributed by atoms with Crippen LogP contribution in [0, 0.1) is 11.8 Å². The Labute approximate surface area is 253 Å². The number of rotatable bonds is 15. The summed E-state index contributed by atoms with van der Waals surface area (Å²) in [5.41, 5.74) is 6.56. The summed E-state index contributed by atoms with van der Waals surface area (Å²) in [6, 6.07) is 3.30. The smallest absolute Gasteiger partial charge is 0.461 e. The molecular weight excluding hydrogens is 562 g/mol. The van der Waals surface area contributed by atoms with Crippen LogP contribution in [0.15, 0.2) is 18.2 Å². The molecule has 242 valence electrons. The average Bonchev–Trinajstić information content (AvgIpc) is 2.98. The van der Waals surface area contributed by atoms with Crippen molar-refractivity contribution in [1.82, 2.24) is 0 Å². The molecule has 2 N–H and O–H groups in total. The number of carbonyl (C=O) groups is 4. The lowest BCUT2D eigenvalue weighted by atomic mass is 9.98. The monoisotopic (exact) mass is 609 g/mol. The van der Waals surface area contributed by atoms with Gasteiger partial charge in [-0.1, -0.05) is 53.0 Å². The molecule has 12 heteroatoms. The second kappa shape index (κ2) is 18.9. The summed E-state index contributed by atoms with van der Waals surface area (Å²) in [7, 11) is 0. The first-order valence-electron chi connectivity index (χ1n) is 15.1. The maximum Gasteiger partial charge on any atom is 0.513 e. The van der Waals surface area contributed by atoms with Crippen LogP contribution in [0.5, 0.6) is 11.5 Å². The molecule has 0 aromatic heterocycles. The van der Waals surface area contributed by atoms with E-state index in [2.05, 4.69) is 0 Å². The van der Waals surface area contributed by atoms with E-state index in [1.807, 2.05) is 27.7 Å². The van der Waals surface area contributed by atoms with Crippen LogP contribution in [0.4, 0.5) is 14.4 Å². The van der Waals surface area contributed by atoms with Crippen LogP contribution < -0.4 is 15.2 Å². The van der Waals surface area contributed by atoms with Gasteiger partial charge < -0.3 is 38.9 Å². The van der Waals surface area contributed by atoms with Gasteiger partial charge in [0.1, 0.15) is 24.9 Å². The Bertz CT molecular complexity index is 1040. The summed E-state index contributed by atoms with van der Waals surface area (Å²) < 4.78 is 36.6. The van der Waals surface area contributed by atoms with E-state index in [1.165, 1.54) is 12.1 Å². The van der Waals surface area contributed by atoms with Crippen molar-refractivity contribution in [2.45, 2.75) is 104 Å². The third-order valence-electron chi connectivity index (χ3n) is 7.09. The number of ether oxygens (including phenoxy) is 7. The van der Waals surface area contributed by atoms with Gasteiger partial charge in [0.15, 0.2) is 11.5 Å². The SMILES string of the molecule is CCC(C)COC(=O)Oc1ccc(C[C@H](N)C(=O)OC[C@H](C)OC(=O)OC2CCCCC2)cc1OC(=O)OCC(C)CC. The van der Waals surface area contributed by atoms with E-state index in [9.17, 15) is 19.2 Å². The molecule has 1 saturated carbocycles. The molecule has 0 spiro atoms. The maximum atomic E-state index is 12.5. The molecule has 0 radical (unpaired) electrons. The zero-order chi connectivity index (χ0) is 31.8. The molecule has 1 fully saturated rings. The van der Waals surface area contributed by atoms with Crippen molar-refractivity contribution in [3.8, 4) is 11.5 Å². The van der Waals surface area contributed by atoms with Crippen molar-refractivity contribution in [3.05, 3.63) is 23.8 Å². The molecule has 1 aromatic carbocycles. The molecule has 2 rings (SSSR count). The lowest BCUT2D eigenvalue weighted by molar-refractivity contribution is -0.148. The van der Waals surface area contributed by atoms with Gasteiger partial charge in [0.05, 0.1) is 13.2 Å². The highest BCUT2D eigenvalue weighted by molar-refractivity contribution is 5.76. The normalized spacial score (nSPS) is 16.1. The highest BCUT2D eigenvalue weighted by Crippen LogP contribution is 2.30. The summed E-state index contributed by atoms with van der Waals surface area (Å²) in [5.74, 6) is -0.621. The van der Waals surface area contributed by atoms with Gasteiger partial charge in [0.25, 0.3) is 0 Å². The van der Waals surface area contributed by atoms with E-state index >= 15 is 0 Å². The fraction of sp³-hybridized carbons (Fsp3) is 0.677. The minimum Gasteiger partial charge on any atom is -0.461 e. The molecule has 1 aromatic rings. The number of benzene rings is 1. The molecule has 0 amide bonds. The van der Waals surface area contributed by atoms with E-state index in [0.717, 1.165) is 44.9 Å². The molecule has 0 bridgehead atoms. The minimum atomic E-state index is -1.08. The average molecular weight is 610 g/mol. The van der Waals surface area contributed by atoms with Crippen molar-refractivity contribution in [3.63, 3.8) is 0 Å². The summed E-state index contributed by atoms with van der Waals surface area (Å²) in [4.78, 5) is 49.1. The number of hydrogen-bond acceptors (Lipinski definition) is 12. The first-order chi connectivity index (χ1) is 20.5. The van der Waals surface area contributed by atoms with Crippen LogP contribution in [0.1, 0.15) is 85.1 Å². The van der Waals surface area contributed by atoms with E-state index in [4.69, 9.17) is 38.9 Å². The van der Waals surface area contributed by atoms with Crippen LogP contribution >= 0.6 is 0 Å². The molecule has 12 nitrogen and oxygen atoms in total. The minimum absolute atomic E-state index is 0.00874. The third kappa shape index (κ3) is 14.0. The molecule has 0 saturated heterocycles. The van der Waals surface area contributed by atoms with Crippen LogP contribution in [-0.2, 0) is 34.9 Å². The van der Waals surface area contributed by atoms with Gasteiger partial charge in [-0.25, -0.2) is 14.4 Å². The number of carbonyl (C=O) groups excluding carboxylic acids is 4. The lowest BCUT2D eigenvalue weighted by Crippen LogP contribution is -2.36. The first-order valence-corrected chi connectivity index (χ1v) is 15.1. The Kier molecular flexibility index (Phi) is 15.7. The second-order valence-electron chi connectivity index (χ2n) is 11.1. The van der Waals surface area contributed by atoms with Crippen LogP contribution in [0.25, 0.3) is 0 Å². The summed E-state index contributed by atoms with van der Waals surface area (Å²) in [6.07, 6.45) is 2.82. The third-order valence-corrected chi connectivity index (χ3v) is 7.09. The van der Waals surface area contributed by atoms with Gasteiger partial charge >= 0.3 is 24.4 Å². The molecular formula is C31H47NO11. The van der Waals surface area contributed by atoms with Crippen molar-refractivity contribution >= 4 is 24.4 Å². The molecule has 2 unspecified atom stereocenters. The van der Waals surface area contributed by atoms with Gasteiger partial charge in [-0.2, -0.15) is 0 Å².